The molecule has 0 aromatic rings. The first kappa shape index (κ1) is 12.4. The van der Waals surface area contributed by atoms with Gasteiger partial charge >= 0.3 is 5.51 Å². The van der Waals surface area contributed by atoms with Gasteiger partial charge in [-0.3, -0.25) is 0 Å². The largest absolute Gasteiger partial charge is 0.446 e. The molecular formula is C9H11F3S. The Kier molecular flexibility index (Phi) is 4.91. The van der Waals surface area contributed by atoms with E-state index in [9.17, 15) is 13.2 Å². The lowest BCUT2D eigenvalue weighted by atomic mass is 10.3. The fourth-order valence-corrected chi connectivity index (χ4v) is 0.937. The van der Waals surface area contributed by atoms with Crippen molar-refractivity contribution in [2.45, 2.75) is 19.4 Å². The van der Waals surface area contributed by atoms with Crippen LogP contribution in [0.25, 0.3) is 0 Å². The Morgan fingerprint density at radius 2 is 1.85 bits per heavy atom. The predicted octanol–water partition coefficient (Wildman–Crippen LogP) is 4.28. The van der Waals surface area contributed by atoms with Crippen molar-refractivity contribution in [3.63, 3.8) is 0 Å². The van der Waals surface area contributed by atoms with E-state index in [1.165, 1.54) is 6.08 Å². The van der Waals surface area contributed by atoms with Gasteiger partial charge < -0.3 is 0 Å². The lowest BCUT2D eigenvalue weighted by Gasteiger charge is -2.03. The average molecular weight is 208 g/mol. The summed E-state index contributed by atoms with van der Waals surface area (Å²) in [6.07, 6.45) is 4.76. The van der Waals surface area contributed by atoms with Crippen LogP contribution in [0, 0.1) is 0 Å². The zero-order chi connectivity index (χ0) is 10.5. The molecule has 0 aromatic heterocycles. The Morgan fingerprint density at radius 1 is 1.31 bits per heavy atom. The second-order valence-electron chi connectivity index (χ2n) is 2.38. The Hall–Kier alpha value is -0.640. The van der Waals surface area contributed by atoms with Crippen LogP contribution in [0.1, 0.15) is 13.8 Å². The molecule has 4 heteroatoms. The topological polar surface area (TPSA) is 0 Å². The van der Waals surface area contributed by atoms with Gasteiger partial charge in [0.05, 0.1) is 0 Å². The van der Waals surface area contributed by atoms with Gasteiger partial charge in [-0.15, -0.1) is 0 Å². The van der Waals surface area contributed by atoms with Crippen LogP contribution in [0.2, 0.25) is 0 Å². The first-order valence-electron chi connectivity index (χ1n) is 3.61. The van der Waals surface area contributed by atoms with Crippen LogP contribution in [-0.2, 0) is 0 Å². The first-order chi connectivity index (χ1) is 5.85. The lowest BCUT2D eigenvalue weighted by Crippen LogP contribution is -1.98. The standard InChI is InChI=1S/C9H11F3S/c1-4-7(2)5-6-8(3)13-9(10,11)12/h4-6H,3H2,1-2H3/b6-5-,7-4-. The molecule has 0 aromatic carbocycles. The highest BCUT2D eigenvalue weighted by atomic mass is 32.2. The molecule has 0 N–H and O–H groups in total. The second-order valence-corrected chi connectivity index (χ2v) is 3.57. The molecule has 0 saturated carbocycles. The van der Waals surface area contributed by atoms with Gasteiger partial charge in [-0.25, -0.2) is 0 Å². The monoisotopic (exact) mass is 208 g/mol. The fourth-order valence-electron chi connectivity index (χ4n) is 0.503. The number of allylic oxidation sites excluding steroid dienone is 4. The molecule has 74 valence electrons. The zero-order valence-electron chi connectivity index (χ0n) is 7.48. The van der Waals surface area contributed by atoms with Crippen molar-refractivity contribution in [2.24, 2.45) is 0 Å². The fraction of sp³-hybridized carbons (Fsp3) is 0.333. The number of rotatable bonds is 3. The minimum absolute atomic E-state index is 0.00583. The summed E-state index contributed by atoms with van der Waals surface area (Å²) in [5.74, 6) is 0. The summed E-state index contributed by atoms with van der Waals surface area (Å²) in [6, 6.07) is 0. The van der Waals surface area contributed by atoms with Crippen LogP contribution in [0.3, 0.4) is 0 Å². The van der Waals surface area contributed by atoms with E-state index in [1.807, 2.05) is 19.9 Å². The zero-order valence-corrected chi connectivity index (χ0v) is 8.30. The van der Waals surface area contributed by atoms with Crippen LogP contribution in [0.5, 0.6) is 0 Å². The summed E-state index contributed by atoms with van der Waals surface area (Å²) in [7, 11) is 0. The maximum absolute atomic E-state index is 11.8. The van der Waals surface area contributed by atoms with Crippen molar-refractivity contribution in [1.29, 1.82) is 0 Å². The van der Waals surface area contributed by atoms with Crippen molar-refractivity contribution in [2.75, 3.05) is 0 Å². The van der Waals surface area contributed by atoms with E-state index < -0.39 is 5.51 Å². The second kappa shape index (κ2) is 5.17. The predicted molar refractivity (Wildman–Crippen MR) is 51.4 cm³/mol. The maximum Gasteiger partial charge on any atom is 0.446 e. The molecule has 0 rings (SSSR count). The first-order valence-corrected chi connectivity index (χ1v) is 4.42. The third-order valence-electron chi connectivity index (χ3n) is 1.23. The minimum Gasteiger partial charge on any atom is -0.160 e. The molecule has 0 fully saturated rings. The van der Waals surface area contributed by atoms with Crippen LogP contribution in [-0.4, -0.2) is 5.51 Å². The van der Waals surface area contributed by atoms with Crippen molar-refractivity contribution in [3.05, 3.63) is 35.3 Å². The molecule has 0 aliphatic heterocycles. The summed E-state index contributed by atoms with van der Waals surface area (Å²) in [5, 5.41) is 0. The average Bonchev–Trinajstić information content (AvgIpc) is 1.97. The van der Waals surface area contributed by atoms with Gasteiger partial charge in [0.25, 0.3) is 0 Å². The molecule has 0 atom stereocenters. The van der Waals surface area contributed by atoms with Crippen LogP contribution in [0.15, 0.2) is 35.3 Å². The molecule has 13 heavy (non-hydrogen) atoms. The van der Waals surface area contributed by atoms with E-state index in [2.05, 4.69) is 6.58 Å². The molecular weight excluding hydrogens is 197 g/mol. The number of thioether (sulfide) groups is 1. The molecule has 0 aliphatic carbocycles. The van der Waals surface area contributed by atoms with E-state index in [0.717, 1.165) is 5.57 Å². The third kappa shape index (κ3) is 7.71. The highest BCUT2D eigenvalue weighted by Gasteiger charge is 2.28. The van der Waals surface area contributed by atoms with Gasteiger partial charge in [0, 0.05) is 4.91 Å². The maximum atomic E-state index is 11.8. The van der Waals surface area contributed by atoms with Crippen molar-refractivity contribution >= 4 is 11.8 Å². The van der Waals surface area contributed by atoms with Gasteiger partial charge in [0.1, 0.15) is 0 Å². The highest BCUT2D eigenvalue weighted by Crippen LogP contribution is 2.35. The van der Waals surface area contributed by atoms with Crippen molar-refractivity contribution in [1.82, 2.24) is 0 Å². The summed E-state index contributed by atoms with van der Waals surface area (Å²) in [6.45, 7) is 6.90. The van der Waals surface area contributed by atoms with E-state index in [-0.39, 0.29) is 16.7 Å². The van der Waals surface area contributed by atoms with Gasteiger partial charge in [-0.1, -0.05) is 24.3 Å². The Bertz CT molecular complexity index is 236. The van der Waals surface area contributed by atoms with E-state index >= 15 is 0 Å². The van der Waals surface area contributed by atoms with E-state index in [4.69, 9.17) is 0 Å². The SMILES string of the molecule is C=C(/C=C\C(C)=C/C)SC(F)(F)F. The molecule has 0 heterocycles. The Labute approximate surface area is 80.2 Å². The lowest BCUT2D eigenvalue weighted by molar-refractivity contribution is -0.0321. The van der Waals surface area contributed by atoms with Gasteiger partial charge in [0.2, 0.25) is 0 Å². The number of hydrogen-bond donors (Lipinski definition) is 0. The Morgan fingerprint density at radius 3 is 2.23 bits per heavy atom. The van der Waals surface area contributed by atoms with Crippen molar-refractivity contribution < 1.29 is 13.2 Å². The smallest absolute Gasteiger partial charge is 0.160 e. The van der Waals surface area contributed by atoms with Crippen molar-refractivity contribution in [3.8, 4) is 0 Å². The summed E-state index contributed by atoms with van der Waals surface area (Å²) in [4.78, 5) is -0.00583. The molecule has 0 unspecified atom stereocenters. The van der Waals surface area contributed by atoms with Gasteiger partial charge in [-0.2, -0.15) is 13.2 Å². The molecule has 0 nitrogen and oxygen atoms in total. The molecule has 0 aliphatic rings. The quantitative estimate of drug-likeness (QED) is 0.624. The summed E-state index contributed by atoms with van der Waals surface area (Å²) >= 11 is -0.199. The van der Waals surface area contributed by atoms with Gasteiger partial charge in [0.15, 0.2) is 0 Å². The minimum atomic E-state index is -4.24. The summed E-state index contributed by atoms with van der Waals surface area (Å²) in [5.41, 5.74) is -3.34. The molecule has 0 radical (unpaired) electrons. The third-order valence-corrected chi connectivity index (χ3v) is 1.86. The molecule has 0 spiro atoms. The number of halogens is 3. The van der Waals surface area contributed by atoms with Crippen LogP contribution in [0.4, 0.5) is 13.2 Å². The molecule has 0 bridgehead atoms. The van der Waals surface area contributed by atoms with E-state index in [1.54, 1.807) is 6.08 Å². The van der Waals surface area contributed by atoms with Gasteiger partial charge in [-0.05, 0) is 31.7 Å². The highest BCUT2D eigenvalue weighted by molar-refractivity contribution is 8.04. The van der Waals surface area contributed by atoms with E-state index in [0.29, 0.717) is 0 Å². The number of alkyl halides is 3. The molecule has 0 saturated heterocycles. The Balaban J connectivity index is 4.10. The normalized spacial score (nSPS) is 13.8. The molecule has 0 amide bonds. The number of hydrogen-bond acceptors (Lipinski definition) is 1. The van der Waals surface area contributed by atoms with Crippen LogP contribution >= 0.6 is 11.8 Å². The summed E-state index contributed by atoms with van der Waals surface area (Å²) < 4.78 is 35.3. The van der Waals surface area contributed by atoms with Crippen LogP contribution < -0.4 is 0 Å².